The van der Waals surface area contributed by atoms with Crippen LogP contribution in [0.15, 0.2) is 0 Å². The third-order valence-corrected chi connectivity index (χ3v) is 2.69. The van der Waals surface area contributed by atoms with Crippen molar-refractivity contribution < 1.29 is 9.47 Å². The summed E-state index contributed by atoms with van der Waals surface area (Å²) in [7, 11) is 3.92. The van der Waals surface area contributed by atoms with Crippen LogP contribution in [0, 0.1) is 0 Å². The molecule has 2 atom stereocenters. The molecule has 0 aromatic carbocycles. The normalized spacial score (nSPS) is 29.8. The van der Waals surface area contributed by atoms with Gasteiger partial charge in [-0.25, -0.2) is 0 Å². The van der Waals surface area contributed by atoms with E-state index >= 15 is 0 Å². The minimum absolute atomic E-state index is 0.0357. The molecule has 0 aliphatic carbocycles. The molecule has 0 amide bonds. The lowest BCUT2D eigenvalue weighted by Gasteiger charge is -2.25. The SMILES string of the molecule is CO[C@@H]1CC(COC(C)(C)C)N(C)C1. The van der Waals surface area contributed by atoms with Gasteiger partial charge in [-0.3, -0.25) is 4.90 Å². The van der Waals surface area contributed by atoms with Gasteiger partial charge in [-0.05, 0) is 34.2 Å². The summed E-state index contributed by atoms with van der Waals surface area (Å²) in [6.07, 6.45) is 1.47. The zero-order valence-corrected chi connectivity index (χ0v) is 10.0. The molecule has 14 heavy (non-hydrogen) atoms. The van der Waals surface area contributed by atoms with Crippen LogP contribution in [0.3, 0.4) is 0 Å². The van der Waals surface area contributed by atoms with E-state index in [4.69, 9.17) is 9.47 Å². The molecule has 1 aliphatic rings. The van der Waals surface area contributed by atoms with Crippen molar-refractivity contribution >= 4 is 0 Å². The fraction of sp³-hybridized carbons (Fsp3) is 1.00. The molecule has 1 saturated heterocycles. The lowest BCUT2D eigenvalue weighted by molar-refractivity contribution is -0.0255. The Labute approximate surface area is 87.4 Å². The first-order valence-corrected chi connectivity index (χ1v) is 5.29. The number of ether oxygens (including phenoxy) is 2. The fourth-order valence-corrected chi connectivity index (χ4v) is 1.74. The van der Waals surface area contributed by atoms with Crippen molar-refractivity contribution in [1.82, 2.24) is 4.90 Å². The number of hydrogen-bond acceptors (Lipinski definition) is 3. The highest BCUT2D eigenvalue weighted by Gasteiger charge is 2.30. The molecule has 0 spiro atoms. The lowest BCUT2D eigenvalue weighted by Crippen LogP contribution is -2.33. The maximum atomic E-state index is 5.78. The Hall–Kier alpha value is -0.120. The van der Waals surface area contributed by atoms with Gasteiger partial charge in [0.05, 0.1) is 18.3 Å². The molecule has 0 saturated carbocycles. The van der Waals surface area contributed by atoms with E-state index in [1.54, 1.807) is 7.11 Å². The van der Waals surface area contributed by atoms with Gasteiger partial charge in [0.2, 0.25) is 0 Å². The monoisotopic (exact) mass is 201 g/mol. The van der Waals surface area contributed by atoms with E-state index < -0.39 is 0 Å². The Bertz CT molecular complexity index is 177. The number of likely N-dealkylation sites (tertiary alicyclic amines) is 1. The topological polar surface area (TPSA) is 21.7 Å². The van der Waals surface area contributed by atoms with Crippen LogP contribution in [0.2, 0.25) is 0 Å². The number of likely N-dealkylation sites (N-methyl/N-ethyl adjacent to an activating group) is 1. The van der Waals surface area contributed by atoms with Crippen LogP contribution in [0.25, 0.3) is 0 Å². The zero-order chi connectivity index (χ0) is 10.8. The van der Waals surface area contributed by atoms with Crippen LogP contribution >= 0.6 is 0 Å². The highest BCUT2D eigenvalue weighted by molar-refractivity contribution is 4.84. The van der Waals surface area contributed by atoms with Crippen LogP contribution in [-0.2, 0) is 9.47 Å². The molecule has 1 heterocycles. The summed E-state index contributed by atoms with van der Waals surface area (Å²) in [5.41, 5.74) is -0.0357. The summed E-state index contributed by atoms with van der Waals surface area (Å²) in [4.78, 5) is 2.32. The van der Waals surface area contributed by atoms with Gasteiger partial charge in [0.25, 0.3) is 0 Å². The molecule has 0 bridgehead atoms. The van der Waals surface area contributed by atoms with Gasteiger partial charge in [0.1, 0.15) is 0 Å². The van der Waals surface area contributed by atoms with Gasteiger partial charge < -0.3 is 9.47 Å². The average molecular weight is 201 g/mol. The molecule has 0 aromatic heterocycles. The predicted molar refractivity (Wildman–Crippen MR) is 57.5 cm³/mol. The van der Waals surface area contributed by atoms with Gasteiger partial charge in [-0.1, -0.05) is 0 Å². The molecular formula is C11H23NO2. The molecule has 3 nitrogen and oxygen atoms in total. The third-order valence-electron chi connectivity index (χ3n) is 2.69. The molecule has 0 N–H and O–H groups in total. The predicted octanol–water partition coefficient (Wildman–Crippen LogP) is 1.52. The van der Waals surface area contributed by atoms with Crippen molar-refractivity contribution in [1.29, 1.82) is 0 Å². The highest BCUT2D eigenvalue weighted by atomic mass is 16.5. The highest BCUT2D eigenvalue weighted by Crippen LogP contribution is 2.20. The van der Waals surface area contributed by atoms with Crippen molar-refractivity contribution in [2.45, 2.75) is 44.9 Å². The van der Waals surface area contributed by atoms with Crippen molar-refractivity contribution in [2.75, 3.05) is 27.3 Å². The second-order valence-electron chi connectivity index (χ2n) is 5.11. The van der Waals surface area contributed by atoms with E-state index in [0.29, 0.717) is 12.1 Å². The van der Waals surface area contributed by atoms with E-state index in [0.717, 1.165) is 19.6 Å². The second kappa shape index (κ2) is 4.60. The van der Waals surface area contributed by atoms with Gasteiger partial charge in [-0.15, -0.1) is 0 Å². The van der Waals surface area contributed by atoms with E-state index in [-0.39, 0.29) is 5.60 Å². The van der Waals surface area contributed by atoms with Crippen LogP contribution < -0.4 is 0 Å². The largest absolute Gasteiger partial charge is 0.380 e. The minimum atomic E-state index is -0.0357. The van der Waals surface area contributed by atoms with Crippen molar-refractivity contribution in [2.24, 2.45) is 0 Å². The molecule has 84 valence electrons. The standard InChI is InChI=1S/C11H23NO2/c1-11(2,3)14-8-9-6-10(13-5)7-12(9)4/h9-10H,6-8H2,1-5H3/t9?,10-/m1/s1. The molecule has 1 aliphatic heterocycles. The first kappa shape index (κ1) is 12.0. The number of rotatable bonds is 3. The third kappa shape index (κ3) is 3.56. The van der Waals surface area contributed by atoms with Crippen molar-refractivity contribution in [3.8, 4) is 0 Å². The van der Waals surface area contributed by atoms with Crippen LogP contribution in [-0.4, -0.2) is 50.0 Å². The number of nitrogens with zero attached hydrogens (tertiary/aromatic N) is 1. The average Bonchev–Trinajstić information content (AvgIpc) is 2.42. The molecule has 0 radical (unpaired) electrons. The van der Waals surface area contributed by atoms with Crippen LogP contribution in [0.1, 0.15) is 27.2 Å². The van der Waals surface area contributed by atoms with Crippen molar-refractivity contribution in [3.05, 3.63) is 0 Å². The molecule has 0 aromatic rings. The van der Waals surface area contributed by atoms with E-state index in [1.165, 1.54) is 0 Å². The molecule has 3 heteroatoms. The van der Waals surface area contributed by atoms with Crippen molar-refractivity contribution in [3.63, 3.8) is 0 Å². The molecule has 1 fully saturated rings. The summed E-state index contributed by atoms with van der Waals surface area (Å²) in [6, 6.07) is 0.513. The van der Waals surface area contributed by atoms with Gasteiger partial charge >= 0.3 is 0 Å². The molecular weight excluding hydrogens is 178 g/mol. The van der Waals surface area contributed by atoms with E-state index in [9.17, 15) is 0 Å². The Morgan fingerprint density at radius 2 is 2.00 bits per heavy atom. The van der Waals surface area contributed by atoms with Gasteiger partial charge in [-0.2, -0.15) is 0 Å². The Morgan fingerprint density at radius 3 is 2.43 bits per heavy atom. The maximum Gasteiger partial charge on any atom is 0.0714 e. The van der Waals surface area contributed by atoms with Crippen LogP contribution in [0.4, 0.5) is 0 Å². The van der Waals surface area contributed by atoms with Gasteiger partial charge in [0, 0.05) is 19.7 Å². The minimum Gasteiger partial charge on any atom is -0.380 e. The zero-order valence-electron chi connectivity index (χ0n) is 10.0. The Morgan fingerprint density at radius 1 is 1.36 bits per heavy atom. The summed E-state index contributed by atoms with van der Waals surface area (Å²) in [6.45, 7) is 8.11. The summed E-state index contributed by atoms with van der Waals surface area (Å²) in [5.74, 6) is 0. The Balaban J connectivity index is 2.32. The summed E-state index contributed by atoms with van der Waals surface area (Å²) >= 11 is 0. The molecule has 1 rings (SSSR count). The fourth-order valence-electron chi connectivity index (χ4n) is 1.74. The van der Waals surface area contributed by atoms with E-state index in [1.807, 2.05) is 0 Å². The first-order chi connectivity index (χ1) is 6.42. The maximum absolute atomic E-state index is 5.78. The second-order valence-corrected chi connectivity index (χ2v) is 5.11. The summed E-state index contributed by atoms with van der Waals surface area (Å²) in [5, 5.41) is 0. The Kier molecular flexibility index (Phi) is 3.93. The lowest BCUT2D eigenvalue weighted by atomic mass is 10.1. The quantitative estimate of drug-likeness (QED) is 0.691. The molecule has 1 unspecified atom stereocenters. The van der Waals surface area contributed by atoms with Crippen LogP contribution in [0.5, 0.6) is 0 Å². The van der Waals surface area contributed by atoms with Gasteiger partial charge in [0.15, 0.2) is 0 Å². The number of hydrogen-bond donors (Lipinski definition) is 0. The van der Waals surface area contributed by atoms with E-state index in [2.05, 4.69) is 32.7 Å². The smallest absolute Gasteiger partial charge is 0.0714 e. The summed E-state index contributed by atoms with van der Waals surface area (Å²) < 4.78 is 11.1. The first-order valence-electron chi connectivity index (χ1n) is 5.29. The number of methoxy groups -OCH3 is 1.